The van der Waals surface area contributed by atoms with Crippen LogP contribution in [-0.2, 0) is 4.79 Å². The van der Waals surface area contributed by atoms with Gasteiger partial charge in [-0.15, -0.1) is 0 Å². The monoisotopic (exact) mass is 346 g/mol. The average Bonchev–Trinajstić information content (AvgIpc) is 2.59. The number of hydrogen-bond acceptors (Lipinski definition) is 3. The highest BCUT2D eigenvalue weighted by Crippen LogP contribution is 2.31. The van der Waals surface area contributed by atoms with Crippen LogP contribution in [0.5, 0.6) is 5.75 Å². The lowest BCUT2D eigenvalue weighted by Crippen LogP contribution is -2.37. The van der Waals surface area contributed by atoms with Gasteiger partial charge in [0, 0.05) is 30.6 Å². The first-order chi connectivity index (χ1) is 11.5. The molecule has 0 saturated carbocycles. The predicted octanol–water partition coefficient (Wildman–Crippen LogP) is 3.13. The molecular formula is C18H19ClN2O3. The average molecular weight is 347 g/mol. The highest BCUT2D eigenvalue weighted by molar-refractivity contribution is 6.31. The molecule has 2 aromatic carbocycles. The molecule has 0 fully saturated rings. The minimum atomic E-state index is -0.183. The van der Waals surface area contributed by atoms with Crippen LogP contribution in [0.3, 0.4) is 0 Å². The molecule has 0 heterocycles. The molecule has 6 heteroatoms. The van der Waals surface area contributed by atoms with Gasteiger partial charge in [-0.25, -0.2) is 0 Å². The molecule has 0 aromatic heterocycles. The molecule has 0 spiro atoms. The van der Waals surface area contributed by atoms with Crippen LogP contribution in [0.2, 0.25) is 5.02 Å². The maximum Gasteiger partial charge on any atom is 0.251 e. The summed E-state index contributed by atoms with van der Waals surface area (Å²) in [6.45, 7) is 2.08. The Morgan fingerprint density at radius 3 is 2.50 bits per heavy atom. The number of amides is 2. The molecule has 0 saturated heterocycles. The second-order valence-electron chi connectivity index (χ2n) is 5.11. The fraction of sp³-hybridized carbons (Fsp3) is 0.222. The second-order valence-corrected chi connectivity index (χ2v) is 5.55. The number of carbonyl (C=O) groups is 2. The van der Waals surface area contributed by atoms with Crippen molar-refractivity contribution < 1.29 is 14.3 Å². The van der Waals surface area contributed by atoms with Crippen molar-refractivity contribution in [2.75, 3.05) is 25.1 Å². The summed E-state index contributed by atoms with van der Waals surface area (Å²) in [5.41, 5.74) is 1.15. The van der Waals surface area contributed by atoms with Crippen LogP contribution in [-0.4, -0.2) is 32.0 Å². The Hall–Kier alpha value is -2.53. The van der Waals surface area contributed by atoms with Gasteiger partial charge in [0.15, 0.2) is 0 Å². The number of halogens is 1. The Labute approximate surface area is 146 Å². The van der Waals surface area contributed by atoms with Gasteiger partial charge in [-0.05, 0) is 30.3 Å². The van der Waals surface area contributed by atoms with Crippen molar-refractivity contribution in [1.29, 1.82) is 0 Å². The van der Waals surface area contributed by atoms with Crippen LogP contribution in [0.4, 0.5) is 5.69 Å². The van der Waals surface area contributed by atoms with Gasteiger partial charge < -0.3 is 15.0 Å². The van der Waals surface area contributed by atoms with Crippen LogP contribution in [0.25, 0.3) is 0 Å². The molecular weight excluding hydrogens is 328 g/mol. The molecule has 2 rings (SSSR count). The predicted molar refractivity (Wildman–Crippen MR) is 94.8 cm³/mol. The van der Waals surface area contributed by atoms with Crippen molar-refractivity contribution in [3.8, 4) is 5.75 Å². The molecule has 0 unspecified atom stereocenters. The van der Waals surface area contributed by atoms with Crippen molar-refractivity contribution in [3.63, 3.8) is 0 Å². The Bertz CT molecular complexity index is 719. The molecule has 0 aliphatic carbocycles. The third kappa shape index (κ3) is 4.49. The van der Waals surface area contributed by atoms with Gasteiger partial charge in [0.25, 0.3) is 5.91 Å². The Morgan fingerprint density at radius 1 is 1.17 bits per heavy atom. The van der Waals surface area contributed by atoms with E-state index < -0.39 is 0 Å². The summed E-state index contributed by atoms with van der Waals surface area (Å²) in [5.74, 6) is 0.200. The molecule has 2 amide bonds. The van der Waals surface area contributed by atoms with Crippen LogP contribution in [0.15, 0.2) is 48.5 Å². The zero-order valence-corrected chi connectivity index (χ0v) is 14.3. The Kier molecular flexibility index (Phi) is 6.21. The summed E-state index contributed by atoms with van der Waals surface area (Å²) < 4.78 is 5.29. The lowest BCUT2D eigenvalue weighted by atomic mass is 10.2. The van der Waals surface area contributed by atoms with E-state index in [4.69, 9.17) is 16.3 Å². The molecule has 126 valence electrons. The van der Waals surface area contributed by atoms with E-state index in [0.717, 1.165) is 0 Å². The second kappa shape index (κ2) is 8.36. The number of methoxy groups -OCH3 is 1. The Morgan fingerprint density at radius 2 is 1.88 bits per heavy atom. The summed E-state index contributed by atoms with van der Waals surface area (Å²) in [7, 11) is 1.53. The van der Waals surface area contributed by atoms with Gasteiger partial charge in [-0.1, -0.05) is 29.8 Å². The van der Waals surface area contributed by atoms with E-state index in [9.17, 15) is 9.59 Å². The van der Waals surface area contributed by atoms with E-state index >= 15 is 0 Å². The number of carbonyl (C=O) groups excluding carboxylic acids is 2. The van der Waals surface area contributed by atoms with Crippen LogP contribution in [0.1, 0.15) is 17.3 Å². The summed E-state index contributed by atoms with van der Waals surface area (Å²) in [4.78, 5) is 25.6. The first kappa shape index (κ1) is 17.8. The molecule has 0 radical (unpaired) electrons. The number of anilines is 1. The third-order valence-electron chi connectivity index (χ3n) is 3.47. The number of benzene rings is 2. The SMILES string of the molecule is COc1ccc(Cl)cc1N(CCNC(=O)c1ccccc1)C(C)=O. The fourth-order valence-electron chi connectivity index (χ4n) is 2.29. The van der Waals surface area contributed by atoms with Gasteiger partial charge in [-0.3, -0.25) is 9.59 Å². The normalized spacial score (nSPS) is 10.1. The first-order valence-electron chi connectivity index (χ1n) is 7.48. The molecule has 24 heavy (non-hydrogen) atoms. The van der Waals surface area contributed by atoms with E-state index in [1.807, 2.05) is 6.07 Å². The van der Waals surface area contributed by atoms with E-state index in [0.29, 0.717) is 35.1 Å². The van der Waals surface area contributed by atoms with E-state index in [1.54, 1.807) is 42.5 Å². The zero-order chi connectivity index (χ0) is 17.5. The molecule has 0 aliphatic rings. The van der Waals surface area contributed by atoms with Crippen molar-refractivity contribution in [3.05, 3.63) is 59.1 Å². The van der Waals surface area contributed by atoms with Crippen LogP contribution >= 0.6 is 11.6 Å². The smallest absolute Gasteiger partial charge is 0.251 e. The topological polar surface area (TPSA) is 58.6 Å². The summed E-state index contributed by atoms with van der Waals surface area (Å²) in [5, 5.41) is 3.30. The van der Waals surface area contributed by atoms with Crippen molar-refractivity contribution in [2.45, 2.75) is 6.92 Å². The Balaban J connectivity index is 2.06. The molecule has 0 aliphatic heterocycles. The molecule has 0 atom stereocenters. The highest BCUT2D eigenvalue weighted by atomic mass is 35.5. The van der Waals surface area contributed by atoms with Crippen molar-refractivity contribution in [1.82, 2.24) is 5.32 Å². The van der Waals surface area contributed by atoms with E-state index in [1.165, 1.54) is 18.9 Å². The summed E-state index contributed by atoms with van der Waals surface area (Å²) >= 11 is 6.02. The molecule has 2 aromatic rings. The quantitative estimate of drug-likeness (QED) is 0.874. The number of rotatable bonds is 6. The van der Waals surface area contributed by atoms with Crippen molar-refractivity contribution in [2.24, 2.45) is 0 Å². The van der Waals surface area contributed by atoms with Crippen LogP contribution in [0, 0.1) is 0 Å². The maximum absolute atomic E-state index is 12.0. The van der Waals surface area contributed by atoms with E-state index in [-0.39, 0.29) is 11.8 Å². The molecule has 1 N–H and O–H groups in total. The van der Waals surface area contributed by atoms with Gasteiger partial charge in [0.2, 0.25) is 5.91 Å². The highest BCUT2D eigenvalue weighted by Gasteiger charge is 2.17. The number of nitrogens with zero attached hydrogens (tertiary/aromatic N) is 1. The lowest BCUT2D eigenvalue weighted by Gasteiger charge is -2.23. The fourth-order valence-corrected chi connectivity index (χ4v) is 2.46. The van der Waals surface area contributed by atoms with E-state index in [2.05, 4.69) is 5.32 Å². The van der Waals surface area contributed by atoms with Gasteiger partial charge in [0.1, 0.15) is 5.75 Å². The van der Waals surface area contributed by atoms with Crippen LogP contribution < -0.4 is 15.0 Å². The molecule has 5 nitrogen and oxygen atoms in total. The standard InChI is InChI=1S/C18H19ClN2O3/c1-13(22)21(16-12-15(19)8-9-17(16)24-2)11-10-20-18(23)14-6-4-3-5-7-14/h3-9,12H,10-11H2,1-2H3,(H,20,23). The third-order valence-corrected chi connectivity index (χ3v) is 3.70. The number of ether oxygens (including phenoxy) is 1. The minimum absolute atomic E-state index is 0.162. The largest absolute Gasteiger partial charge is 0.495 e. The maximum atomic E-state index is 12.0. The number of hydrogen-bond donors (Lipinski definition) is 1. The van der Waals surface area contributed by atoms with Gasteiger partial charge >= 0.3 is 0 Å². The lowest BCUT2D eigenvalue weighted by molar-refractivity contribution is -0.116. The minimum Gasteiger partial charge on any atom is -0.495 e. The van der Waals surface area contributed by atoms with Crippen molar-refractivity contribution >= 4 is 29.1 Å². The first-order valence-corrected chi connectivity index (χ1v) is 7.85. The zero-order valence-electron chi connectivity index (χ0n) is 13.6. The summed E-state index contributed by atoms with van der Waals surface area (Å²) in [6, 6.07) is 14.0. The van der Waals surface area contributed by atoms with Gasteiger partial charge in [0.05, 0.1) is 12.8 Å². The number of nitrogens with one attached hydrogen (secondary N) is 1. The van der Waals surface area contributed by atoms with Gasteiger partial charge in [-0.2, -0.15) is 0 Å². The molecule has 0 bridgehead atoms. The summed E-state index contributed by atoms with van der Waals surface area (Å²) in [6.07, 6.45) is 0.